The summed E-state index contributed by atoms with van der Waals surface area (Å²) in [4.78, 5) is 9.93. The van der Waals surface area contributed by atoms with Crippen LogP contribution in [0.1, 0.15) is 18.4 Å². The van der Waals surface area contributed by atoms with Gasteiger partial charge in [-0.3, -0.25) is 10.1 Å². The van der Waals surface area contributed by atoms with Crippen molar-refractivity contribution in [3.8, 4) is 0 Å². The van der Waals surface area contributed by atoms with Gasteiger partial charge in [0.2, 0.25) is 10.0 Å². The number of nitrogens with one attached hydrogen (secondary N) is 1. The van der Waals surface area contributed by atoms with Crippen molar-refractivity contribution in [3.63, 3.8) is 0 Å². The van der Waals surface area contributed by atoms with Crippen molar-refractivity contribution in [2.75, 3.05) is 6.54 Å². The van der Waals surface area contributed by atoms with Crippen molar-refractivity contribution < 1.29 is 18.4 Å². The van der Waals surface area contributed by atoms with Crippen molar-refractivity contribution in [2.24, 2.45) is 5.92 Å². The molecule has 0 spiro atoms. The zero-order valence-corrected chi connectivity index (χ0v) is 11.8. The molecule has 0 bridgehead atoms. The summed E-state index contributed by atoms with van der Waals surface area (Å²) in [5.74, 6) is 0.156. The molecule has 0 heterocycles. The normalized spacial score (nSPS) is 16.9. The number of hydrogen-bond donors (Lipinski definition) is 2. The van der Waals surface area contributed by atoms with Crippen molar-refractivity contribution in [2.45, 2.75) is 30.8 Å². The van der Waals surface area contributed by atoms with Gasteiger partial charge in [-0.05, 0) is 31.2 Å². The van der Waals surface area contributed by atoms with E-state index in [1.165, 1.54) is 12.1 Å². The number of non-ortho nitro benzene ring substituents is 1. The zero-order chi connectivity index (χ0) is 14.9. The summed E-state index contributed by atoms with van der Waals surface area (Å²) in [6.45, 7) is 1.49. The predicted molar refractivity (Wildman–Crippen MR) is 71.8 cm³/mol. The molecule has 0 radical (unpaired) electrons. The van der Waals surface area contributed by atoms with Crippen LogP contribution in [-0.2, 0) is 10.0 Å². The molecule has 0 amide bonds. The maximum atomic E-state index is 12.1. The first-order valence-corrected chi connectivity index (χ1v) is 7.72. The number of benzene rings is 1. The Kier molecular flexibility index (Phi) is 4.07. The summed E-state index contributed by atoms with van der Waals surface area (Å²) >= 11 is 0. The number of nitro benzene ring substituents is 1. The van der Waals surface area contributed by atoms with Crippen molar-refractivity contribution in [1.29, 1.82) is 0 Å². The van der Waals surface area contributed by atoms with Gasteiger partial charge >= 0.3 is 0 Å². The Morgan fingerprint density at radius 1 is 1.50 bits per heavy atom. The maximum Gasteiger partial charge on any atom is 0.270 e. The van der Waals surface area contributed by atoms with E-state index >= 15 is 0 Å². The Balaban J connectivity index is 2.19. The summed E-state index contributed by atoms with van der Waals surface area (Å²) in [7, 11) is -3.86. The molecule has 1 saturated carbocycles. The molecule has 7 nitrogen and oxygen atoms in total. The molecule has 110 valence electrons. The highest BCUT2D eigenvalue weighted by Crippen LogP contribution is 2.32. The van der Waals surface area contributed by atoms with Gasteiger partial charge in [0.1, 0.15) is 0 Å². The van der Waals surface area contributed by atoms with E-state index in [1.54, 1.807) is 6.92 Å². The first-order valence-electron chi connectivity index (χ1n) is 6.24. The van der Waals surface area contributed by atoms with Crippen LogP contribution >= 0.6 is 0 Å². The SMILES string of the molecule is Cc1ccc([N+](=O)[O-])cc1S(=O)(=O)NCC(O)C1CC1. The first-order chi connectivity index (χ1) is 9.31. The first kappa shape index (κ1) is 14.9. The number of aliphatic hydroxyl groups is 1. The van der Waals surface area contributed by atoms with E-state index in [1.807, 2.05) is 0 Å². The van der Waals surface area contributed by atoms with Gasteiger partial charge < -0.3 is 5.11 Å². The molecule has 1 aliphatic carbocycles. The minimum atomic E-state index is -3.86. The van der Waals surface area contributed by atoms with Gasteiger partial charge in [-0.25, -0.2) is 13.1 Å². The van der Waals surface area contributed by atoms with E-state index in [-0.39, 0.29) is 23.0 Å². The van der Waals surface area contributed by atoms with E-state index in [4.69, 9.17) is 0 Å². The van der Waals surface area contributed by atoms with Crippen LogP contribution in [0.2, 0.25) is 0 Å². The Hall–Kier alpha value is -1.51. The van der Waals surface area contributed by atoms with Gasteiger partial charge in [-0.15, -0.1) is 0 Å². The summed E-state index contributed by atoms with van der Waals surface area (Å²) < 4.78 is 26.6. The lowest BCUT2D eigenvalue weighted by atomic mass is 10.2. The lowest BCUT2D eigenvalue weighted by Crippen LogP contribution is -2.33. The molecule has 1 atom stereocenters. The van der Waals surface area contributed by atoms with Gasteiger partial charge in [0.15, 0.2) is 0 Å². The molecule has 0 aliphatic heterocycles. The number of aliphatic hydroxyl groups excluding tert-OH is 1. The fourth-order valence-electron chi connectivity index (χ4n) is 1.91. The largest absolute Gasteiger partial charge is 0.391 e. The fraction of sp³-hybridized carbons (Fsp3) is 0.500. The van der Waals surface area contributed by atoms with E-state index in [2.05, 4.69) is 4.72 Å². The zero-order valence-electron chi connectivity index (χ0n) is 10.9. The third kappa shape index (κ3) is 3.33. The maximum absolute atomic E-state index is 12.1. The summed E-state index contributed by atoms with van der Waals surface area (Å²) in [6, 6.07) is 3.68. The van der Waals surface area contributed by atoms with E-state index < -0.39 is 21.1 Å². The van der Waals surface area contributed by atoms with Crippen LogP contribution < -0.4 is 4.72 Å². The molecule has 1 aliphatic rings. The topological polar surface area (TPSA) is 110 Å². The number of nitro groups is 1. The van der Waals surface area contributed by atoms with Crippen LogP contribution in [0.5, 0.6) is 0 Å². The Morgan fingerprint density at radius 2 is 2.15 bits per heavy atom. The molecule has 0 aromatic heterocycles. The molecule has 2 rings (SSSR count). The third-order valence-electron chi connectivity index (χ3n) is 3.32. The quantitative estimate of drug-likeness (QED) is 0.600. The molecular formula is C12H16N2O5S. The number of sulfonamides is 1. The van der Waals surface area contributed by atoms with E-state index in [0.717, 1.165) is 18.9 Å². The fourth-order valence-corrected chi connectivity index (χ4v) is 3.23. The number of rotatable bonds is 6. The smallest absolute Gasteiger partial charge is 0.270 e. The van der Waals surface area contributed by atoms with Crippen LogP contribution in [0.3, 0.4) is 0 Å². The minimum Gasteiger partial charge on any atom is -0.391 e. The van der Waals surface area contributed by atoms with Crippen molar-refractivity contribution in [1.82, 2.24) is 4.72 Å². The van der Waals surface area contributed by atoms with Crippen molar-refractivity contribution in [3.05, 3.63) is 33.9 Å². The van der Waals surface area contributed by atoms with Crippen LogP contribution in [0.15, 0.2) is 23.1 Å². The standard InChI is InChI=1S/C12H16N2O5S/c1-8-2-5-10(14(16)17)6-12(8)20(18,19)13-7-11(15)9-3-4-9/h2,5-6,9,11,13,15H,3-4,7H2,1H3. The number of nitrogens with zero attached hydrogens (tertiary/aromatic N) is 1. The second-order valence-corrected chi connectivity index (χ2v) is 6.70. The van der Waals surface area contributed by atoms with Crippen LogP contribution in [0.25, 0.3) is 0 Å². The highest BCUT2D eigenvalue weighted by atomic mass is 32.2. The lowest BCUT2D eigenvalue weighted by Gasteiger charge is -2.12. The highest BCUT2D eigenvalue weighted by molar-refractivity contribution is 7.89. The van der Waals surface area contributed by atoms with Gasteiger partial charge in [0.25, 0.3) is 5.69 Å². The minimum absolute atomic E-state index is 0.0743. The van der Waals surface area contributed by atoms with Gasteiger partial charge in [-0.2, -0.15) is 0 Å². The second kappa shape index (κ2) is 5.47. The van der Waals surface area contributed by atoms with Crippen LogP contribution in [0.4, 0.5) is 5.69 Å². The average Bonchev–Trinajstić information content (AvgIpc) is 3.20. The molecule has 0 saturated heterocycles. The summed E-state index contributed by atoms with van der Waals surface area (Å²) in [5.41, 5.74) is 0.141. The van der Waals surface area contributed by atoms with Gasteiger partial charge in [0.05, 0.1) is 15.9 Å². The van der Waals surface area contributed by atoms with Gasteiger partial charge in [0, 0.05) is 18.7 Å². The van der Waals surface area contributed by atoms with E-state index in [9.17, 15) is 23.6 Å². The van der Waals surface area contributed by atoms with Gasteiger partial charge in [-0.1, -0.05) is 6.07 Å². The molecule has 20 heavy (non-hydrogen) atoms. The molecule has 1 fully saturated rings. The molecule has 1 aromatic carbocycles. The average molecular weight is 300 g/mol. The molecule has 1 aromatic rings. The number of hydrogen-bond acceptors (Lipinski definition) is 5. The molecule has 8 heteroatoms. The second-order valence-electron chi connectivity index (χ2n) is 4.96. The molecular weight excluding hydrogens is 284 g/mol. The Morgan fingerprint density at radius 3 is 2.70 bits per heavy atom. The highest BCUT2D eigenvalue weighted by Gasteiger charge is 2.31. The lowest BCUT2D eigenvalue weighted by molar-refractivity contribution is -0.385. The number of aryl methyl sites for hydroxylation is 1. The van der Waals surface area contributed by atoms with Crippen LogP contribution in [0, 0.1) is 23.0 Å². The monoisotopic (exact) mass is 300 g/mol. The third-order valence-corrected chi connectivity index (χ3v) is 4.89. The van der Waals surface area contributed by atoms with Crippen LogP contribution in [-0.4, -0.2) is 31.1 Å². The summed E-state index contributed by atoms with van der Waals surface area (Å²) in [5, 5.41) is 20.4. The van der Waals surface area contributed by atoms with Crippen molar-refractivity contribution >= 4 is 15.7 Å². The summed E-state index contributed by atoms with van der Waals surface area (Å²) in [6.07, 6.45) is 1.10. The van der Waals surface area contributed by atoms with E-state index in [0.29, 0.717) is 5.56 Å². The molecule has 2 N–H and O–H groups in total. The predicted octanol–water partition coefficient (Wildman–Crippen LogP) is 0.952. The Labute approximate surface area is 116 Å². The molecule has 1 unspecified atom stereocenters. The Bertz CT molecular complexity index is 625.